The van der Waals surface area contributed by atoms with E-state index in [1.165, 1.54) is 11.1 Å². The molecule has 4 heteroatoms. The molecule has 0 N–H and O–H groups in total. The molecule has 1 heterocycles. The highest BCUT2D eigenvalue weighted by atomic mass is 35.5. The summed E-state index contributed by atoms with van der Waals surface area (Å²) in [6.45, 7) is 5.84. The minimum Gasteiger partial charge on any atom is -0.337 e. The third kappa shape index (κ3) is 3.79. The summed E-state index contributed by atoms with van der Waals surface area (Å²) < 4.78 is 0. The number of benzene rings is 2. The molecule has 3 unspecified atom stereocenters. The number of hydrogen-bond acceptors (Lipinski definition) is 2. The van der Waals surface area contributed by atoms with Crippen LogP contribution in [0.3, 0.4) is 0 Å². The first kappa shape index (κ1) is 17.6. The molecular weight excluding hydrogens is 344 g/mol. The summed E-state index contributed by atoms with van der Waals surface area (Å²) in [5.41, 5.74) is 2.54. The van der Waals surface area contributed by atoms with E-state index < -0.39 is 0 Å². The van der Waals surface area contributed by atoms with Gasteiger partial charge in [-0.05, 0) is 42.5 Å². The molecule has 3 nitrogen and oxygen atoms in total. The van der Waals surface area contributed by atoms with Crippen LogP contribution in [0, 0.1) is 5.92 Å². The highest BCUT2D eigenvalue weighted by Crippen LogP contribution is 2.49. The molecule has 0 aromatic heterocycles. The highest BCUT2D eigenvalue weighted by molar-refractivity contribution is 6.30. The summed E-state index contributed by atoms with van der Waals surface area (Å²) in [7, 11) is 0. The van der Waals surface area contributed by atoms with Crippen molar-refractivity contribution >= 4 is 17.5 Å². The Morgan fingerprint density at radius 1 is 1.12 bits per heavy atom. The van der Waals surface area contributed by atoms with Crippen LogP contribution < -0.4 is 0 Å². The fourth-order valence-corrected chi connectivity index (χ4v) is 4.33. The second-order valence-electron chi connectivity index (χ2n) is 7.61. The van der Waals surface area contributed by atoms with Crippen LogP contribution in [0.15, 0.2) is 54.6 Å². The van der Waals surface area contributed by atoms with E-state index in [-0.39, 0.29) is 12.0 Å². The van der Waals surface area contributed by atoms with Crippen LogP contribution >= 0.6 is 11.6 Å². The summed E-state index contributed by atoms with van der Waals surface area (Å²) in [5, 5.41) is 0.753. The molecular formula is C22H25ClN2O. The van der Waals surface area contributed by atoms with E-state index in [2.05, 4.69) is 53.1 Å². The van der Waals surface area contributed by atoms with Gasteiger partial charge in [-0.1, -0.05) is 54.1 Å². The number of amides is 1. The average molecular weight is 369 g/mol. The topological polar surface area (TPSA) is 23.6 Å². The van der Waals surface area contributed by atoms with E-state index >= 15 is 0 Å². The number of nitrogens with zero attached hydrogens (tertiary/aromatic N) is 2. The summed E-state index contributed by atoms with van der Waals surface area (Å²) in [6, 6.07) is 18.8. The van der Waals surface area contributed by atoms with Gasteiger partial charge in [-0.2, -0.15) is 0 Å². The Balaban J connectivity index is 1.34. The van der Waals surface area contributed by atoms with Gasteiger partial charge in [-0.3, -0.25) is 9.69 Å². The molecule has 136 valence electrons. The molecule has 2 aromatic carbocycles. The van der Waals surface area contributed by atoms with Gasteiger partial charge in [0.1, 0.15) is 0 Å². The number of carbonyl (C=O) groups excluding carboxylic acids is 1. The van der Waals surface area contributed by atoms with E-state index in [4.69, 9.17) is 11.6 Å². The van der Waals surface area contributed by atoms with Gasteiger partial charge < -0.3 is 4.90 Å². The average Bonchev–Trinajstić information content (AvgIpc) is 3.43. The van der Waals surface area contributed by atoms with E-state index in [0.717, 1.165) is 37.6 Å². The lowest BCUT2D eigenvalue weighted by Crippen LogP contribution is -2.54. The standard InChI is InChI=1S/C22H25ClN2O/c1-16-14-24(15-17-6-3-2-4-7-17)10-11-25(16)22(26)21-13-20(21)18-8-5-9-19(23)12-18/h2-9,12,16,20-21H,10-11,13-15H2,1H3. The van der Waals surface area contributed by atoms with Crippen LogP contribution in [0.4, 0.5) is 0 Å². The van der Waals surface area contributed by atoms with Crippen molar-refractivity contribution in [2.24, 2.45) is 5.92 Å². The van der Waals surface area contributed by atoms with Crippen molar-refractivity contribution in [2.75, 3.05) is 19.6 Å². The molecule has 1 saturated carbocycles. The van der Waals surface area contributed by atoms with Crippen molar-refractivity contribution in [3.8, 4) is 0 Å². The smallest absolute Gasteiger partial charge is 0.226 e. The second-order valence-corrected chi connectivity index (χ2v) is 8.04. The lowest BCUT2D eigenvalue weighted by atomic mass is 10.1. The van der Waals surface area contributed by atoms with Crippen molar-refractivity contribution in [3.63, 3.8) is 0 Å². The fraction of sp³-hybridized carbons (Fsp3) is 0.409. The van der Waals surface area contributed by atoms with Crippen LogP contribution in [0.2, 0.25) is 5.02 Å². The molecule has 0 bridgehead atoms. The van der Waals surface area contributed by atoms with Crippen LogP contribution in [0.1, 0.15) is 30.4 Å². The SMILES string of the molecule is CC1CN(Cc2ccccc2)CCN1C(=O)C1CC1c1cccc(Cl)c1. The molecule has 0 spiro atoms. The molecule has 3 atom stereocenters. The molecule has 2 fully saturated rings. The maximum Gasteiger partial charge on any atom is 0.226 e. The monoisotopic (exact) mass is 368 g/mol. The molecule has 1 aliphatic heterocycles. The van der Waals surface area contributed by atoms with Gasteiger partial charge in [0.15, 0.2) is 0 Å². The zero-order chi connectivity index (χ0) is 18.1. The Morgan fingerprint density at radius 3 is 2.65 bits per heavy atom. The van der Waals surface area contributed by atoms with Crippen LogP contribution in [-0.2, 0) is 11.3 Å². The highest BCUT2D eigenvalue weighted by Gasteiger charge is 2.47. The maximum atomic E-state index is 13.0. The van der Waals surface area contributed by atoms with Gasteiger partial charge in [0.25, 0.3) is 0 Å². The summed E-state index contributed by atoms with van der Waals surface area (Å²) in [6.07, 6.45) is 0.954. The third-order valence-corrected chi connectivity index (χ3v) is 5.86. The minimum atomic E-state index is 0.136. The molecule has 4 rings (SSSR count). The summed E-state index contributed by atoms with van der Waals surface area (Å²) >= 11 is 6.10. The third-order valence-electron chi connectivity index (χ3n) is 5.63. The first-order valence-electron chi connectivity index (χ1n) is 9.44. The van der Waals surface area contributed by atoms with Crippen molar-refractivity contribution in [3.05, 3.63) is 70.7 Å². The zero-order valence-corrected chi connectivity index (χ0v) is 15.9. The number of halogens is 1. The fourth-order valence-electron chi connectivity index (χ4n) is 4.13. The number of piperazine rings is 1. The predicted molar refractivity (Wildman–Crippen MR) is 105 cm³/mol. The minimum absolute atomic E-state index is 0.136. The van der Waals surface area contributed by atoms with Crippen LogP contribution in [-0.4, -0.2) is 41.4 Å². The molecule has 1 amide bonds. The largest absolute Gasteiger partial charge is 0.337 e. The first-order valence-corrected chi connectivity index (χ1v) is 9.82. The van der Waals surface area contributed by atoms with Gasteiger partial charge in [-0.15, -0.1) is 0 Å². The van der Waals surface area contributed by atoms with E-state index in [1.54, 1.807) is 0 Å². The van der Waals surface area contributed by atoms with Crippen molar-refractivity contribution in [2.45, 2.75) is 31.8 Å². The molecule has 1 saturated heterocycles. The number of rotatable bonds is 4. The molecule has 2 aromatic rings. The lowest BCUT2D eigenvalue weighted by molar-refractivity contribution is -0.137. The van der Waals surface area contributed by atoms with Crippen molar-refractivity contribution in [1.29, 1.82) is 0 Å². The van der Waals surface area contributed by atoms with E-state index in [1.807, 2.05) is 18.2 Å². The summed E-state index contributed by atoms with van der Waals surface area (Å²) in [4.78, 5) is 17.5. The zero-order valence-electron chi connectivity index (χ0n) is 15.1. The quantitative estimate of drug-likeness (QED) is 0.808. The number of hydrogen-bond donors (Lipinski definition) is 0. The molecule has 0 radical (unpaired) electrons. The normalized spacial score (nSPS) is 25.9. The maximum absolute atomic E-state index is 13.0. The predicted octanol–water partition coefficient (Wildman–Crippen LogP) is 4.18. The van der Waals surface area contributed by atoms with Gasteiger partial charge in [0, 0.05) is 43.2 Å². The molecule has 26 heavy (non-hydrogen) atoms. The Labute approximate surface area is 160 Å². The Kier molecular flexibility index (Phi) is 5.01. The van der Waals surface area contributed by atoms with E-state index in [9.17, 15) is 4.79 Å². The van der Waals surface area contributed by atoms with Crippen LogP contribution in [0.5, 0.6) is 0 Å². The van der Waals surface area contributed by atoms with Crippen LogP contribution in [0.25, 0.3) is 0 Å². The Hall–Kier alpha value is -1.84. The van der Waals surface area contributed by atoms with E-state index in [0.29, 0.717) is 11.8 Å². The Morgan fingerprint density at radius 2 is 1.92 bits per heavy atom. The Bertz CT molecular complexity index is 779. The van der Waals surface area contributed by atoms with Gasteiger partial charge in [0.2, 0.25) is 5.91 Å². The first-order chi connectivity index (χ1) is 12.6. The second kappa shape index (κ2) is 7.42. The van der Waals surface area contributed by atoms with Gasteiger partial charge >= 0.3 is 0 Å². The van der Waals surface area contributed by atoms with Crippen molar-refractivity contribution < 1.29 is 4.79 Å². The lowest BCUT2D eigenvalue weighted by Gasteiger charge is -2.40. The molecule has 2 aliphatic rings. The van der Waals surface area contributed by atoms with Crippen molar-refractivity contribution in [1.82, 2.24) is 9.80 Å². The van der Waals surface area contributed by atoms with Gasteiger partial charge in [0.05, 0.1) is 0 Å². The molecule has 1 aliphatic carbocycles. The van der Waals surface area contributed by atoms with Gasteiger partial charge in [-0.25, -0.2) is 0 Å². The number of carbonyl (C=O) groups is 1. The summed E-state index contributed by atoms with van der Waals surface area (Å²) in [5.74, 6) is 0.800.